The Balaban J connectivity index is 2.61. The zero-order valence-electron chi connectivity index (χ0n) is 7.70. The maximum atomic E-state index is 11.0. The molecule has 1 aliphatic heterocycles. The van der Waals surface area contributed by atoms with E-state index < -0.39 is 12.1 Å². The SMILES string of the molecule is C=C1OC(C(=O)OC)CO/C1=C/C. The van der Waals surface area contributed by atoms with Crippen LogP contribution in [-0.2, 0) is 19.0 Å². The van der Waals surface area contributed by atoms with Crippen molar-refractivity contribution in [2.24, 2.45) is 0 Å². The summed E-state index contributed by atoms with van der Waals surface area (Å²) >= 11 is 0. The summed E-state index contributed by atoms with van der Waals surface area (Å²) in [6.45, 7) is 5.59. The van der Waals surface area contributed by atoms with E-state index in [0.717, 1.165) is 0 Å². The van der Waals surface area contributed by atoms with Crippen LogP contribution in [0, 0.1) is 0 Å². The molecule has 4 heteroatoms. The van der Waals surface area contributed by atoms with E-state index >= 15 is 0 Å². The number of rotatable bonds is 1. The normalized spacial score (nSPS) is 24.9. The second kappa shape index (κ2) is 3.98. The van der Waals surface area contributed by atoms with Crippen LogP contribution in [0.2, 0.25) is 0 Å². The van der Waals surface area contributed by atoms with Gasteiger partial charge >= 0.3 is 5.97 Å². The summed E-state index contributed by atoms with van der Waals surface area (Å²) in [4.78, 5) is 11.0. The third kappa shape index (κ3) is 2.02. The van der Waals surface area contributed by atoms with Crippen LogP contribution in [0.1, 0.15) is 6.92 Å². The van der Waals surface area contributed by atoms with Crippen molar-refractivity contribution in [1.29, 1.82) is 0 Å². The van der Waals surface area contributed by atoms with Crippen LogP contribution in [-0.4, -0.2) is 25.8 Å². The van der Waals surface area contributed by atoms with E-state index in [1.807, 2.05) is 6.92 Å². The molecule has 72 valence electrons. The lowest BCUT2D eigenvalue weighted by atomic mass is 10.3. The highest BCUT2D eigenvalue weighted by Gasteiger charge is 2.28. The summed E-state index contributed by atoms with van der Waals surface area (Å²) < 4.78 is 14.9. The maximum Gasteiger partial charge on any atom is 0.350 e. The first-order chi connectivity index (χ1) is 6.19. The molecule has 1 fully saturated rings. The highest BCUT2D eigenvalue weighted by molar-refractivity contribution is 5.75. The van der Waals surface area contributed by atoms with Crippen LogP contribution in [0.3, 0.4) is 0 Å². The summed E-state index contributed by atoms with van der Waals surface area (Å²) in [5.41, 5.74) is 0. The van der Waals surface area contributed by atoms with Crippen molar-refractivity contribution in [3.63, 3.8) is 0 Å². The molecule has 1 saturated heterocycles. The van der Waals surface area contributed by atoms with Crippen LogP contribution >= 0.6 is 0 Å². The first-order valence-electron chi connectivity index (χ1n) is 3.92. The summed E-state index contributed by atoms with van der Waals surface area (Å²) in [5.74, 6) is 0.487. The Morgan fingerprint density at radius 1 is 1.77 bits per heavy atom. The number of carbonyl (C=O) groups excluding carboxylic acids is 1. The van der Waals surface area contributed by atoms with Gasteiger partial charge in [-0.1, -0.05) is 6.58 Å². The summed E-state index contributed by atoms with van der Waals surface area (Å²) in [6, 6.07) is 0. The van der Waals surface area contributed by atoms with E-state index in [1.165, 1.54) is 7.11 Å². The lowest BCUT2D eigenvalue weighted by Crippen LogP contribution is -2.34. The molecule has 1 unspecified atom stereocenters. The van der Waals surface area contributed by atoms with Gasteiger partial charge in [0.1, 0.15) is 6.61 Å². The van der Waals surface area contributed by atoms with E-state index in [-0.39, 0.29) is 6.61 Å². The number of methoxy groups -OCH3 is 1. The van der Waals surface area contributed by atoms with Crippen LogP contribution in [0.4, 0.5) is 0 Å². The molecular weight excluding hydrogens is 172 g/mol. The van der Waals surface area contributed by atoms with E-state index in [9.17, 15) is 4.79 Å². The van der Waals surface area contributed by atoms with Crippen LogP contribution in [0.15, 0.2) is 24.2 Å². The molecular formula is C9H12O4. The molecule has 0 aliphatic carbocycles. The van der Waals surface area contributed by atoms with Gasteiger partial charge in [0.25, 0.3) is 0 Å². The van der Waals surface area contributed by atoms with E-state index in [2.05, 4.69) is 11.3 Å². The summed E-state index contributed by atoms with van der Waals surface area (Å²) in [6.07, 6.45) is 1.04. The van der Waals surface area contributed by atoms with Crippen molar-refractivity contribution in [3.05, 3.63) is 24.2 Å². The average molecular weight is 184 g/mol. The average Bonchev–Trinajstić information content (AvgIpc) is 2.16. The maximum absolute atomic E-state index is 11.0. The van der Waals surface area contributed by atoms with Gasteiger partial charge in [0, 0.05) is 0 Å². The van der Waals surface area contributed by atoms with Crippen molar-refractivity contribution in [2.45, 2.75) is 13.0 Å². The van der Waals surface area contributed by atoms with Crippen molar-refractivity contribution >= 4 is 5.97 Å². The highest BCUT2D eigenvalue weighted by Crippen LogP contribution is 2.20. The lowest BCUT2D eigenvalue weighted by molar-refractivity contribution is -0.157. The van der Waals surface area contributed by atoms with Crippen molar-refractivity contribution in [3.8, 4) is 0 Å². The van der Waals surface area contributed by atoms with Gasteiger partial charge in [-0.3, -0.25) is 0 Å². The number of allylic oxidation sites excluding steroid dienone is 1. The molecule has 0 bridgehead atoms. The Morgan fingerprint density at radius 3 is 2.92 bits per heavy atom. The topological polar surface area (TPSA) is 44.8 Å². The fraction of sp³-hybridized carbons (Fsp3) is 0.444. The fourth-order valence-corrected chi connectivity index (χ4v) is 1.00. The number of hydrogen-bond donors (Lipinski definition) is 0. The molecule has 0 radical (unpaired) electrons. The minimum Gasteiger partial charge on any atom is -0.486 e. The lowest BCUT2D eigenvalue weighted by Gasteiger charge is -2.25. The van der Waals surface area contributed by atoms with Crippen molar-refractivity contribution in [2.75, 3.05) is 13.7 Å². The molecule has 1 rings (SSSR count). The van der Waals surface area contributed by atoms with Gasteiger partial charge in [-0.15, -0.1) is 0 Å². The van der Waals surface area contributed by atoms with Gasteiger partial charge in [-0.2, -0.15) is 0 Å². The zero-order chi connectivity index (χ0) is 9.84. The zero-order valence-corrected chi connectivity index (χ0v) is 7.70. The van der Waals surface area contributed by atoms with Crippen molar-refractivity contribution in [1.82, 2.24) is 0 Å². The Kier molecular flexibility index (Phi) is 2.95. The van der Waals surface area contributed by atoms with E-state index in [0.29, 0.717) is 11.5 Å². The Morgan fingerprint density at radius 2 is 2.46 bits per heavy atom. The number of esters is 1. The van der Waals surface area contributed by atoms with E-state index in [1.54, 1.807) is 6.08 Å². The molecule has 0 aromatic heterocycles. The molecule has 1 heterocycles. The molecule has 0 saturated carbocycles. The van der Waals surface area contributed by atoms with Crippen molar-refractivity contribution < 1.29 is 19.0 Å². The third-order valence-electron chi connectivity index (χ3n) is 1.68. The van der Waals surface area contributed by atoms with Gasteiger partial charge in [-0.05, 0) is 13.0 Å². The molecule has 1 aliphatic rings. The van der Waals surface area contributed by atoms with Crippen LogP contribution in [0.5, 0.6) is 0 Å². The fourth-order valence-electron chi connectivity index (χ4n) is 1.00. The Hall–Kier alpha value is -1.45. The molecule has 1 atom stereocenters. The first-order valence-corrected chi connectivity index (χ1v) is 3.92. The van der Waals surface area contributed by atoms with Gasteiger partial charge in [0.2, 0.25) is 6.10 Å². The molecule has 0 aromatic carbocycles. The largest absolute Gasteiger partial charge is 0.486 e. The standard InChI is InChI=1S/C9H12O4/c1-4-7-6(2)13-8(5-12-7)9(10)11-3/h4,8H,2,5H2,1,3H3/b7-4+. The molecule has 4 nitrogen and oxygen atoms in total. The Bertz CT molecular complexity index is 254. The summed E-state index contributed by atoms with van der Waals surface area (Å²) in [5, 5.41) is 0. The molecule has 0 N–H and O–H groups in total. The second-order valence-electron chi connectivity index (χ2n) is 2.52. The van der Waals surface area contributed by atoms with Gasteiger partial charge in [-0.25, -0.2) is 4.79 Å². The molecule has 0 amide bonds. The minimum atomic E-state index is -0.693. The quantitative estimate of drug-likeness (QED) is 0.570. The highest BCUT2D eigenvalue weighted by atomic mass is 16.6. The summed E-state index contributed by atoms with van der Waals surface area (Å²) in [7, 11) is 1.31. The number of carbonyl (C=O) groups is 1. The smallest absolute Gasteiger partial charge is 0.350 e. The number of ether oxygens (including phenoxy) is 3. The van der Waals surface area contributed by atoms with Gasteiger partial charge in [0.15, 0.2) is 11.5 Å². The predicted molar refractivity (Wildman–Crippen MR) is 45.7 cm³/mol. The molecule has 0 aromatic rings. The monoisotopic (exact) mass is 184 g/mol. The predicted octanol–water partition coefficient (Wildman–Crippen LogP) is 0.992. The van der Waals surface area contributed by atoms with Crippen LogP contribution in [0.25, 0.3) is 0 Å². The van der Waals surface area contributed by atoms with Gasteiger partial charge in [0.05, 0.1) is 7.11 Å². The first kappa shape index (κ1) is 9.64. The van der Waals surface area contributed by atoms with Crippen LogP contribution < -0.4 is 0 Å². The Labute approximate surface area is 76.8 Å². The molecule has 13 heavy (non-hydrogen) atoms. The van der Waals surface area contributed by atoms with Gasteiger partial charge < -0.3 is 14.2 Å². The minimum absolute atomic E-state index is 0.172. The number of hydrogen-bond acceptors (Lipinski definition) is 4. The molecule has 0 spiro atoms. The second-order valence-corrected chi connectivity index (χ2v) is 2.52. The van der Waals surface area contributed by atoms with E-state index in [4.69, 9.17) is 9.47 Å². The third-order valence-corrected chi connectivity index (χ3v) is 1.68.